The van der Waals surface area contributed by atoms with Crippen molar-refractivity contribution < 1.29 is 8.78 Å². The number of hydrogen-bond acceptors (Lipinski definition) is 2. The van der Waals surface area contributed by atoms with Gasteiger partial charge in [-0.25, -0.2) is 8.78 Å². The van der Waals surface area contributed by atoms with E-state index in [1.54, 1.807) is 0 Å². The Bertz CT molecular complexity index is 379. The number of nitrogens with one attached hydrogen (secondary N) is 1. The zero-order chi connectivity index (χ0) is 12.7. The first kappa shape index (κ1) is 12.2. The highest BCUT2D eigenvalue weighted by Gasteiger charge is 2.39. The Morgan fingerprint density at radius 3 is 2.44 bits per heavy atom. The molecule has 0 aromatic carbocycles. The first-order valence-electron chi connectivity index (χ1n) is 6.76. The Morgan fingerprint density at radius 2 is 1.94 bits per heavy atom. The maximum Gasteiger partial charge on any atom is 0.241 e. The van der Waals surface area contributed by atoms with Gasteiger partial charge in [-0.05, 0) is 30.4 Å². The molecule has 0 bridgehead atoms. The standard InChI is InChI=1S/C14H20F2N2/c1-18-8-9(12-6-17-7-12)2-3-13(18)10-4-11(5-10)14(15)16/h2-3,10-12,14,17H,4-8H2,1H3/t10-,11-. The molecule has 1 saturated heterocycles. The summed E-state index contributed by atoms with van der Waals surface area (Å²) < 4.78 is 25.0. The van der Waals surface area contributed by atoms with Crippen LogP contribution in [-0.2, 0) is 0 Å². The third kappa shape index (κ3) is 2.07. The number of hydrogen-bond donors (Lipinski definition) is 1. The third-order valence-electron chi connectivity index (χ3n) is 4.58. The lowest BCUT2D eigenvalue weighted by molar-refractivity contribution is 0.00643. The molecule has 18 heavy (non-hydrogen) atoms. The summed E-state index contributed by atoms with van der Waals surface area (Å²) in [6.45, 7) is 3.13. The molecule has 0 amide bonds. The molecule has 3 aliphatic rings. The average molecular weight is 254 g/mol. The molecule has 2 aliphatic heterocycles. The fourth-order valence-corrected chi connectivity index (χ4v) is 3.11. The number of nitrogens with zero attached hydrogens (tertiary/aromatic N) is 1. The van der Waals surface area contributed by atoms with Crippen LogP contribution < -0.4 is 5.32 Å². The number of halogens is 2. The lowest BCUT2D eigenvalue weighted by Crippen LogP contribution is -2.46. The van der Waals surface area contributed by atoms with Crippen molar-refractivity contribution >= 4 is 0 Å². The minimum Gasteiger partial charge on any atom is -0.374 e. The van der Waals surface area contributed by atoms with E-state index in [-0.39, 0.29) is 5.92 Å². The van der Waals surface area contributed by atoms with Crippen LogP contribution in [0.2, 0.25) is 0 Å². The molecule has 1 aliphatic carbocycles. The van der Waals surface area contributed by atoms with Crippen molar-refractivity contribution in [3.63, 3.8) is 0 Å². The summed E-state index contributed by atoms with van der Waals surface area (Å²) in [7, 11) is 2.08. The Labute approximate surface area is 107 Å². The highest BCUT2D eigenvalue weighted by Crippen LogP contribution is 2.43. The molecule has 1 N–H and O–H groups in total. The second kappa shape index (κ2) is 4.65. The fraction of sp³-hybridized carbons (Fsp3) is 0.714. The SMILES string of the molecule is CN1CC(C2CNC2)=CC=C1[C@H]1C[C@H](C(F)F)C1. The number of likely N-dealkylation sites (N-methyl/N-ethyl adjacent to an activating group) is 1. The Balaban J connectivity index is 1.63. The minimum absolute atomic E-state index is 0.353. The molecule has 3 rings (SSSR count). The number of alkyl halides is 2. The van der Waals surface area contributed by atoms with Crippen LogP contribution in [0, 0.1) is 17.8 Å². The van der Waals surface area contributed by atoms with E-state index in [4.69, 9.17) is 0 Å². The molecule has 4 heteroatoms. The van der Waals surface area contributed by atoms with Crippen LogP contribution >= 0.6 is 0 Å². The molecular formula is C14H20F2N2. The van der Waals surface area contributed by atoms with Crippen LogP contribution in [0.4, 0.5) is 8.78 Å². The van der Waals surface area contributed by atoms with Crippen molar-refractivity contribution in [2.24, 2.45) is 17.8 Å². The summed E-state index contributed by atoms with van der Waals surface area (Å²) in [4.78, 5) is 2.25. The van der Waals surface area contributed by atoms with Gasteiger partial charge in [0.1, 0.15) is 0 Å². The van der Waals surface area contributed by atoms with Crippen LogP contribution in [0.15, 0.2) is 23.4 Å². The largest absolute Gasteiger partial charge is 0.374 e. The van der Waals surface area contributed by atoms with E-state index in [1.165, 1.54) is 11.3 Å². The molecule has 0 unspecified atom stereocenters. The van der Waals surface area contributed by atoms with Crippen LogP contribution in [0.3, 0.4) is 0 Å². The Hall–Kier alpha value is -0.900. The van der Waals surface area contributed by atoms with Gasteiger partial charge in [0.2, 0.25) is 6.43 Å². The molecule has 2 fully saturated rings. The van der Waals surface area contributed by atoms with Crippen molar-refractivity contribution in [3.05, 3.63) is 23.4 Å². The van der Waals surface area contributed by atoms with Crippen molar-refractivity contribution in [1.82, 2.24) is 10.2 Å². The smallest absolute Gasteiger partial charge is 0.241 e. The predicted molar refractivity (Wildman–Crippen MR) is 67.4 cm³/mol. The molecule has 0 spiro atoms. The monoisotopic (exact) mass is 254 g/mol. The van der Waals surface area contributed by atoms with E-state index in [9.17, 15) is 8.78 Å². The van der Waals surface area contributed by atoms with E-state index in [0.717, 1.165) is 19.6 Å². The van der Waals surface area contributed by atoms with E-state index in [0.29, 0.717) is 24.7 Å². The summed E-state index contributed by atoms with van der Waals surface area (Å²) >= 11 is 0. The molecule has 0 aromatic heterocycles. The molecule has 2 heterocycles. The molecule has 0 aromatic rings. The van der Waals surface area contributed by atoms with Crippen molar-refractivity contribution in [2.75, 3.05) is 26.7 Å². The molecule has 100 valence electrons. The van der Waals surface area contributed by atoms with Gasteiger partial charge < -0.3 is 10.2 Å². The van der Waals surface area contributed by atoms with E-state index >= 15 is 0 Å². The summed E-state index contributed by atoms with van der Waals surface area (Å²) in [6, 6.07) is 0. The topological polar surface area (TPSA) is 15.3 Å². The maximum absolute atomic E-state index is 12.5. The average Bonchev–Trinajstić information content (AvgIpc) is 2.15. The normalized spacial score (nSPS) is 32.8. The second-order valence-corrected chi connectivity index (χ2v) is 5.81. The Morgan fingerprint density at radius 1 is 1.22 bits per heavy atom. The van der Waals surface area contributed by atoms with Gasteiger partial charge in [0, 0.05) is 44.2 Å². The van der Waals surface area contributed by atoms with Crippen LogP contribution in [0.1, 0.15) is 12.8 Å². The van der Waals surface area contributed by atoms with E-state index < -0.39 is 6.43 Å². The van der Waals surface area contributed by atoms with Gasteiger partial charge >= 0.3 is 0 Å². The third-order valence-corrected chi connectivity index (χ3v) is 4.58. The molecule has 2 nitrogen and oxygen atoms in total. The highest BCUT2D eigenvalue weighted by molar-refractivity contribution is 5.29. The van der Waals surface area contributed by atoms with Crippen molar-refractivity contribution in [2.45, 2.75) is 19.3 Å². The summed E-state index contributed by atoms with van der Waals surface area (Å²) in [6.07, 6.45) is 3.55. The van der Waals surface area contributed by atoms with Crippen LogP contribution in [0.5, 0.6) is 0 Å². The molecule has 1 saturated carbocycles. The quantitative estimate of drug-likeness (QED) is 0.831. The molecular weight excluding hydrogens is 234 g/mol. The zero-order valence-electron chi connectivity index (χ0n) is 10.7. The van der Waals surface area contributed by atoms with Gasteiger partial charge in [-0.15, -0.1) is 0 Å². The lowest BCUT2D eigenvalue weighted by atomic mass is 9.72. The van der Waals surface area contributed by atoms with Gasteiger partial charge in [-0.2, -0.15) is 0 Å². The van der Waals surface area contributed by atoms with Gasteiger partial charge in [0.25, 0.3) is 0 Å². The number of allylic oxidation sites excluding steroid dienone is 3. The minimum atomic E-state index is -2.14. The highest BCUT2D eigenvalue weighted by atomic mass is 19.3. The van der Waals surface area contributed by atoms with Crippen LogP contribution in [0.25, 0.3) is 0 Å². The first-order chi connectivity index (χ1) is 8.65. The summed E-state index contributed by atoms with van der Waals surface area (Å²) in [5, 5.41) is 3.28. The van der Waals surface area contributed by atoms with Gasteiger partial charge in [0.15, 0.2) is 0 Å². The van der Waals surface area contributed by atoms with Crippen molar-refractivity contribution in [1.29, 1.82) is 0 Å². The molecule has 0 radical (unpaired) electrons. The fourth-order valence-electron chi connectivity index (χ4n) is 3.11. The van der Waals surface area contributed by atoms with Gasteiger partial charge in [0.05, 0.1) is 0 Å². The summed E-state index contributed by atoms with van der Waals surface area (Å²) in [5.74, 6) is 0.664. The van der Waals surface area contributed by atoms with E-state index in [2.05, 4.69) is 29.4 Å². The Kier molecular flexibility index (Phi) is 3.14. The van der Waals surface area contributed by atoms with E-state index in [1.807, 2.05) is 0 Å². The maximum atomic E-state index is 12.5. The lowest BCUT2D eigenvalue weighted by Gasteiger charge is -2.42. The van der Waals surface area contributed by atoms with Gasteiger partial charge in [-0.3, -0.25) is 0 Å². The first-order valence-corrected chi connectivity index (χ1v) is 6.76. The van der Waals surface area contributed by atoms with Gasteiger partial charge in [-0.1, -0.05) is 6.08 Å². The number of rotatable bonds is 3. The second-order valence-electron chi connectivity index (χ2n) is 5.81. The van der Waals surface area contributed by atoms with Crippen LogP contribution in [-0.4, -0.2) is 38.0 Å². The summed E-state index contributed by atoms with van der Waals surface area (Å²) in [5.41, 5.74) is 2.73. The molecule has 0 atom stereocenters. The predicted octanol–water partition coefficient (Wildman–Crippen LogP) is 2.25. The van der Waals surface area contributed by atoms with Crippen molar-refractivity contribution in [3.8, 4) is 0 Å². The zero-order valence-corrected chi connectivity index (χ0v) is 10.7.